The zero-order chi connectivity index (χ0) is 18.0. The molecule has 1 saturated heterocycles. The van der Waals surface area contributed by atoms with Crippen LogP contribution in [0.3, 0.4) is 0 Å². The van der Waals surface area contributed by atoms with E-state index in [2.05, 4.69) is 75.7 Å². The molecule has 134 valence electrons. The molecule has 2 rings (SSSR count). The van der Waals surface area contributed by atoms with E-state index < -0.39 is 0 Å². The van der Waals surface area contributed by atoms with Gasteiger partial charge in [-0.3, -0.25) is 0 Å². The summed E-state index contributed by atoms with van der Waals surface area (Å²) in [7, 11) is 0. The van der Waals surface area contributed by atoms with Gasteiger partial charge in [-0.15, -0.1) is 0 Å². The Morgan fingerprint density at radius 3 is 2.04 bits per heavy atom. The average molecular weight is 332 g/mol. The Morgan fingerprint density at radius 1 is 1.08 bits per heavy atom. The lowest BCUT2D eigenvalue weighted by molar-refractivity contribution is 0.149. The van der Waals surface area contributed by atoms with Crippen molar-refractivity contribution in [3.05, 3.63) is 29.3 Å². The maximum atomic E-state index is 12.6. The van der Waals surface area contributed by atoms with Crippen LogP contribution in [0.15, 0.2) is 18.2 Å². The maximum Gasteiger partial charge on any atom is 0.319 e. The number of hydrogen-bond donors (Lipinski definition) is 3. The van der Waals surface area contributed by atoms with E-state index in [1.165, 1.54) is 11.1 Å². The van der Waals surface area contributed by atoms with Crippen molar-refractivity contribution in [2.45, 2.75) is 84.3 Å². The highest BCUT2D eigenvalue weighted by Gasteiger charge is 2.38. The van der Waals surface area contributed by atoms with Gasteiger partial charge in [0, 0.05) is 22.8 Å². The average Bonchev–Trinajstić information content (AvgIpc) is 2.43. The van der Waals surface area contributed by atoms with Crippen molar-refractivity contribution in [2.24, 2.45) is 0 Å². The van der Waals surface area contributed by atoms with Crippen molar-refractivity contribution in [2.75, 3.05) is 5.32 Å². The Balaban J connectivity index is 2.09. The second-order valence-electron chi connectivity index (χ2n) is 8.25. The number of para-hydroxylation sites is 1. The third kappa shape index (κ3) is 4.73. The van der Waals surface area contributed by atoms with Gasteiger partial charge in [-0.05, 0) is 64.5 Å². The van der Waals surface area contributed by atoms with Gasteiger partial charge in [0.1, 0.15) is 0 Å². The molecule has 0 atom stereocenters. The molecule has 2 amide bonds. The summed E-state index contributed by atoms with van der Waals surface area (Å²) in [5, 5.41) is 9.95. The van der Waals surface area contributed by atoms with E-state index >= 15 is 0 Å². The summed E-state index contributed by atoms with van der Waals surface area (Å²) in [4.78, 5) is 12.6. The first-order chi connectivity index (χ1) is 11.2. The Morgan fingerprint density at radius 2 is 1.58 bits per heavy atom. The second-order valence-corrected chi connectivity index (χ2v) is 8.25. The fourth-order valence-corrected chi connectivity index (χ4v) is 4.16. The molecule has 1 aromatic rings. The number of benzene rings is 1. The van der Waals surface area contributed by atoms with Crippen molar-refractivity contribution in [3.63, 3.8) is 0 Å². The van der Waals surface area contributed by atoms with Gasteiger partial charge in [-0.1, -0.05) is 32.0 Å². The van der Waals surface area contributed by atoms with E-state index in [1.807, 2.05) is 0 Å². The molecule has 1 aliphatic heterocycles. The quantitative estimate of drug-likeness (QED) is 0.773. The summed E-state index contributed by atoms with van der Waals surface area (Å²) >= 11 is 0. The van der Waals surface area contributed by atoms with Crippen LogP contribution in [0.4, 0.5) is 10.5 Å². The molecule has 0 saturated carbocycles. The van der Waals surface area contributed by atoms with Crippen LogP contribution < -0.4 is 16.0 Å². The topological polar surface area (TPSA) is 53.2 Å². The summed E-state index contributed by atoms with van der Waals surface area (Å²) in [6.45, 7) is 13.0. The first kappa shape index (κ1) is 18.8. The predicted molar refractivity (Wildman–Crippen MR) is 102 cm³/mol. The minimum atomic E-state index is -0.0934. The van der Waals surface area contributed by atoms with Gasteiger partial charge in [-0.25, -0.2) is 4.79 Å². The van der Waals surface area contributed by atoms with Crippen molar-refractivity contribution >= 4 is 11.7 Å². The van der Waals surface area contributed by atoms with Crippen LogP contribution in [0.25, 0.3) is 0 Å². The Kier molecular flexibility index (Phi) is 5.59. The molecule has 0 aromatic heterocycles. The number of carbonyl (C=O) groups excluding carboxylic acids is 1. The first-order valence-electron chi connectivity index (χ1n) is 9.13. The summed E-state index contributed by atoms with van der Waals surface area (Å²) < 4.78 is 0. The lowest BCUT2D eigenvalue weighted by Crippen LogP contribution is -2.62. The number of rotatable bonds is 4. The smallest absolute Gasteiger partial charge is 0.319 e. The van der Waals surface area contributed by atoms with Crippen molar-refractivity contribution in [3.8, 4) is 0 Å². The molecule has 1 aliphatic rings. The minimum Gasteiger partial charge on any atom is -0.335 e. The molecule has 0 aliphatic carbocycles. The third-order valence-corrected chi connectivity index (χ3v) is 4.76. The predicted octanol–water partition coefficient (Wildman–Crippen LogP) is 4.24. The van der Waals surface area contributed by atoms with Gasteiger partial charge in [0.15, 0.2) is 0 Å². The highest BCUT2D eigenvalue weighted by atomic mass is 16.2. The fraction of sp³-hybridized carbons (Fsp3) is 0.650. The van der Waals surface area contributed by atoms with Gasteiger partial charge in [-0.2, -0.15) is 0 Å². The second kappa shape index (κ2) is 7.14. The van der Waals surface area contributed by atoms with Crippen LogP contribution in [-0.2, 0) is 12.8 Å². The van der Waals surface area contributed by atoms with Crippen LogP contribution in [0.1, 0.15) is 65.5 Å². The molecule has 1 heterocycles. The van der Waals surface area contributed by atoms with Crippen LogP contribution in [-0.4, -0.2) is 23.2 Å². The zero-order valence-electron chi connectivity index (χ0n) is 16.0. The number of carbonyl (C=O) groups is 1. The summed E-state index contributed by atoms with van der Waals surface area (Å²) in [6, 6.07) is 6.33. The minimum absolute atomic E-state index is 0.0234. The summed E-state index contributed by atoms with van der Waals surface area (Å²) in [5.41, 5.74) is 3.41. The van der Waals surface area contributed by atoms with E-state index in [0.29, 0.717) is 0 Å². The fourth-order valence-electron chi connectivity index (χ4n) is 4.16. The summed E-state index contributed by atoms with van der Waals surface area (Å²) in [6.07, 6.45) is 3.69. The Labute approximate surface area is 146 Å². The molecule has 4 heteroatoms. The SMILES string of the molecule is CCc1cccc(CC)c1NC(=O)NC1CC(C)(C)NC(C)(C)C1. The maximum absolute atomic E-state index is 12.6. The largest absolute Gasteiger partial charge is 0.335 e. The Bertz CT molecular complexity index is 554. The number of anilines is 1. The summed E-state index contributed by atoms with van der Waals surface area (Å²) in [5.74, 6) is 0. The molecular weight excluding hydrogens is 298 g/mol. The molecule has 1 fully saturated rings. The lowest BCUT2D eigenvalue weighted by atomic mass is 9.80. The molecular formula is C20H33N3O. The number of nitrogens with one attached hydrogen (secondary N) is 3. The number of aryl methyl sites for hydroxylation is 2. The van der Waals surface area contributed by atoms with Crippen LogP contribution >= 0.6 is 0 Å². The molecule has 4 nitrogen and oxygen atoms in total. The van der Waals surface area contributed by atoms with Crippen molar-refractivity contribution in [1.82, 2.24) is 10.6 Å². The van der Waals surface area contributed by atoms with E-state index in [0.717, 1.165) is 31.4 Å². The standard InChI is InChI=1S/C20H33N3O/c1-7-14-10-9-11-15(8-2)17(14)22-18(24)21-16-12-19(3,4)23-20(5,6)13-16/h9-11,16,23H,7-8,12-13H2,1-6H3,(H2,21,22,24). The number of amides is 2. The van der Waals surface area contributed by atoms with Gasteiger partial charge in [0.2, 0.25) is 0 Å². The van der Waals surface area contributed by atoms with Crippen molar-refractivity contribution < 1.29 is 4.79 Å². The van der Waals surface area contributed by atoms with Crippen LogP contribution in [0.2, 0.25) is 0 Å². The highest BCUT2D eigenvalue weighted by molar-refractivity contribution is 5.91. The van der Waals surface area contributed by atoms with Gasteiger partial charge in [0.05, 0.1) is 0 Å². The zero-order valence-corrected chi connectivity index (χ0v) is 16.0. The molecule has 0 radical (unpaired) electrons. The van der Waals surface area contributed by atoms with E-state index in [9.17, 15) is 4.79 Å². The molecule has 0 unspecified atom stereocenters. The number of hydrogen-bond acceptors (Lipinski definition) is 2. The van der Waals surface area contributed by atoms with Gasteiger partial charge in [0.25, 0.3) is 0 Å². The highest BCUT2D eigenvalue weighted by Crippen LogP contribution is 2.29. The lowest BCUT2D eigenvalue weighted by Gasteiger charge is -2.46. The Hall–Kier alpha value is -1.55. The van der Waals surface area contributed by atoms with E-state index in [-0.39, 0.29) is 23.2 Å². The monoisotopic (exact) mass is 331 g/mol. The van der Waals surface area contributed by atoms with Crippen molar-refractivity contribution in [1.29, 1.82) is 0 Å². The first-order valence-corrected chi connectivity index (χ1v) is 9.13. The van der Waals surface area contributed by atoms with Crippen LogP contribution in [0.5, 0.6) is 0 Å². The molecule has 0 spiro atoms. The van der Waals surface area contributed by atoms with E-state index in [4.69, 9.17) is 0 Å². The van der Waals surface area contributed by atoms with Crippen LogP contribution in [0, 0.1) is 0 Å². The molecule has 24 heavy (non-hydrogen) atoms. The molecule has 1 aromatic carbocycles. The normalized spacial score (nSPS) is 19.8. The number of urea groups is 1. The van der Waals surface area contributed by atoms with Gasteiger partial charge < -0.3 is 16.0 Å². The number of piperidine rings is 1. The third-order valence-electron chi connectivity index (χ3n) is 4.76. The molecule has 3 N–H and O–H groups in total. The van der Waals surface area contributed by atoms with E-state index in [1.54, 1.807) is 0 Å². The van der Waals surface area contributed by atoms with Gasteiger partial charge >= 0.3 is 6.03 Å². The molecule has 0 bridgehead atoms.